The Morgan fingerprint density at radius 3 is 2.39 bits per heavy atom. The first kappa shape index (κ1) is 34.2. The minimum absolute atomic E-state index is 0.119. The molecule has 0 saturated heterocycles. The molecule has 0 saturated carbocycles. The molecule has 16 heteroatoms. The molecule has 3 aromatic rings. The van der Waals surface area contributed by atoms with Crippen LogP contribution in [0.5, 0.6) is 17.5 Å². The zero-order valence-electron chi connectivity index (χ0n) is 26.0. The fourth-order valence-corrected chi connectivity index (χ4v) is 4.81. The second kappa shape index (κ2) is 16.6. The number of methoxy groups -OCH3 is 1. The van der Waals surface area contributed by atoms with E-state index in [-0.39, 0.29) is 35.8 Å². The van der Waals surface area contributed by atoms with Crippen molar-refractivity contribution in [2.45, 2.75) is 45.2 Å². The maximum atomic E-state index is 13.4. The van der Waals surface area contributed by atoms with Crippen LogP contribution >= 0.6 is 0 Å². The summed E-state index contributed by atoms with van der Waals surface area (Å²) in [6, 6.07) is 11.4. The van der Waals surface area contributed by atoms with Gasteiger partial charge in [0.15, 0.2) is 0 Å². The average molecular weight is 658 g/mol. The van der Waals surface area contributed by atoms with Crippen LogP contribution in [-0.2, 0) is 26.1 Å². The smallest absolute Gasteiger partial charge is 0.329 e. The van der Waals surface area contributed by atoms with Crippen molar-refractivity contribution in [3.8, 4) is 17.5 Å². The van der Waals surface area contributed by atoms with Crippen molar-refractivity contribution in [3.63, 3.8) is 0 Å². The lowest BCUT2D eigenvalue weighted by molar-refractivity contribution is -0.142. The van der Waals surface area contributed by atoms with Gasteiger partial charge in [0, 0.05) is 24.8 Å². The molecular formula is C30H39N7O8S. The van der Waals surface area contributed by atoms with Gasteiger partial charge < -0.3 is 34.9 Å². The minimum Gasteiger partial charge on any atom is -0.494 e. The lowest BCUT2D eigenvalue weighted by Crippen LogP contribution is -2.48. The zero-order valence-corrected chi connectivity index (χ0v) is 26.8. The van der Waals surface area contributed by atoms with Crippen molar-refractivity contribution in [1.82, 2.24) is 25.0 Å². The maximum absolute atomic E-state index is 13.4. The highest BCUT2D eigenvalue weighted by Gasteiger charge is 2.25. The Morgan fingerprint density at radius 2 is 1.70 bits per heavy atom. The van der Waals surface area contributed by atoms with Gasteiger partial charge in [-0.3, -0.25) is 4.79 Å². The van der Waals surface area contributed by atoms with E-state index in [1.54, 1.807) is 12.1 Å². The van der Waals surface area contributed by atoms with E-state index in [4.69, 9.17) is 18.9 Å². The summed E-state index contributed by atoms with van der Waals surface area (Å²) >= 11 is 0. The van der Waals surface area contributed by atoms with E-state index in [2.05, 4.69) is 35.6 Å². The molecule has 2 aliphatic heterocycles. The summed E-state index contributed by atoms with van der Waals surface area (Å²) in [4.78, 5) is 38.9. The van der Waals surface area contributed by atoms with Gasteiger partial charge >= 0.3 is 12.0 Å². The number of fused-ring (bicyclic) bond motifs is 10. The summed E-state index contributed by atoms with van der Waals surface area (Å²) in [7, 11) is -2.49. The standard InChI is InChI=1S/C30H39N7O8S/c1-4-43-30-36-28-31-18-20-9-12-22(13-10-20)44-15-7-5-6-8-16-45-25-17-21(33-29(35-28)37-30)11-14-23(25)26(38)34-24(27(39)42-2)19-32-46(3,40)41/h9-14,17,24,32H,4-8,15-16,18-19H2,1-3H3,(H,34,38)(H2,31,33,35,36,37)/t24-/m0/s1. The van der Waals surface area contributed by atoms with Gasteiger partial charge in [-0.25, -0.2) is 17.9 Å². The molecule has 46 heavy (non-hydrogen) atoms. The van der Waals surface area contributed by atoms with Crippen LogP contribution in [0, 0.1) is 0 Å². The number of aromatic nitrogens is 3. The highest BCUT2D eigenvalue weighted by atomic mass is 32.2. The maximum Gasteiger partial charge on any atom is 0.329 e. The van der Waals surface area contributed by atoms with Crippen LogP contribution in [0.15, 0.2) is 42.5 Å². The van der Waals surface area contributed by atoms with Crippen LogP contribution in [0.2, 0.25) is 0 Å². The predicted octanol–water partition coefficient (Wildman–Crippen LogP) is 2.78. The number of nitrogens with one attached hydrogen (secondary N) is 4. The Balaban J connectivity index is 1.61. The van der Waals surface area contributed by atoms with Crippen molar-refractivity contribution in [1.29, 1.82) is 0 Å². The molecule has 1 atom stereocenters. The highest BCUT2D eigenvalue weighted by molar-refractivity contribution is 7.88. The molecule has 3 heterocycles. The van der Waals surface area contributed by atoms with Gasteiger partial charge in [-0.15, -0.1) is 0 Å². The number of ether oxygens (including phenoxy) is 4. The largest absolute Gasteiger partial charge is 0.494 e. The summed E-state index contributed by atoms with van der Waals surface area (Å²) < 4.78 is 47.7. The van der Waals surface area contributed by atoms with E-state index >= 15 is 0 Å². The van der Waals surface area contributed by atoms with Crippen LogP contribution in [-0.4, -0.2) is 81.0 Å². The van der Waals surface area contributed by atoms with Gasteiger partial charge in [-0.2, -0.15) is 15.0 Å². The third kappa shape index (κ3) is 10.7. The fraction of sp³-hybridized carbons (Fsp3) is 0.433. The Labute approximate surface area is 267 Å². The third-order valence-corrected chi connectivity index (χ3v) is 7.34. The predicted molar refractivity (Wildman–Crippen MR) is 170 cm³/mol. The van der Waals surface area contributed by atoms with Crippen LogP contribution in [0.1, 0.15) is 48.5 Å². The molecule has 0 fully saturated rings. The van der Waals surface area contributed by atoms with Crippen molar-refractivity contribution < 1.29 is 37.0 Å². The van der Waals surface area contributed by atoms with Gasteiger partial charge in [0.1, 0.15) is 17.5 Å². The van der Waals surface area contributed by atoms with E-state index in [0.29, 0.717) is 32.1 Å². The number of benzene rings is 2. The van der Waals surface area contributed by atoms with Crippen LogP contribution in [0.25, 0.3) is 0 Å². The molecule has 0 spiro atoms. The molecule has 4 N–H and O–H groups in total. The number of nitrogens with zero attached hydrogens (tertiary/aromatic N) is 3. The van der Waals surface area contributed by atoms with Crippen LogP contribution in [0.3, 0.4) is 0 Å². The first-order valence-corrected chi connectivity index (χ1v) is 16.7. The Morgan fingerprint density at radius 1 is 0.978 bits per heavy atom. The van der Waals surface area contributed by atoms with Crippen molar-refractivity contribution in [3.05, 3.63) is 53.6 Å². The normalized spacial score (nSPS) is 14.6. The van der Waals surface area contributed by atoms with Crippen molar-refractivity contribution in [2.24, 2.45) is 0 Å². The average Bonchev–Trinajstić information content (AvgIpc) is 3.02. The number of esters is 1. The second-order valence-corrected chi connectivity index (χ2v) is 12.1. The van der Waals surface area contributed by atoms with E-state index in [1.165, 1.54) is 6.07 Å². The lowest BCUT2D eigenvalue weighted by atomic mass is 10.1. The van der Waals surface area contributed by atoms with Gasteiger partial charge in [0.25, 0.3) is 5.91 Å². The molecule has 5 rings (SSSR count). The first-order valence-electron chi connectivity index (χ1n) is 14.8. The highest BCUT2D eigenvalue weighted by Crippen LogP contribution is 2.27. The van der Waals surface area contributed by atoms with Crippen LogP contribution < -0.4 is 34.9 Å². The summed E-state index contributed by atoms with van der Waals surface area (Å²) in [5.74, 6) is 0.0233. The topological polar surface area (TPSA) is 192 Å². The number of sulfonamides is 1. The monoisotopic (exact) mass is 657 g/mol. The first-order chi connectivity index (χ1) is 22.1. The molecule has 1 aromatic heterocycles. The van der Waals surface area contributed by atoms with E-state index in [0.717, 1.165) is 50.4 Å². The van der Waals surface area contributed by atoms with Gasteiger partial charge in [-0.1, -0.05) is 12.1 Å². The summed E-state index contributed by atoms with van der Waals surface area (Å²) in [6.45, 7) is 3.12. The molecule has 2 aromatic carbocycles. The van der Waals surface area contributed by atoms with Crippen LogP contribution in [0.4, 0.5) is 17.6 Å². The van der Waals surface area contributed by atoms with Crippen molar-refractivity contribution >= 4 is 39.5 Å². The molecule has 0 unspecified atom stereocenters. The molecule has 248 valence electrons. The fourth-order valence-electron chi connectivity index (χ4n) is 4.34. The molecule has 6 bridgehead atoms. The third-order valence-electron chi connectivity index (χ3n) is 6.65. The molecule has 1 amide bonds. The zero-order chi connectivity index (χ0) is 32.9. The quantitative estimate of drug-likeness (QED) is 0.259. The van der Waals surface area contributed by atoms with E-state index < -0.39 is 27.9 Å². The van der Waals surface area contributed by atoms with Crippen molar-refractivity contribution in [2.75, 3.05) is 50.4 Å². The number of rotatable bonds is 8. The molecule has 15 nitrogen and oxygen atoms in total. The Hall–Kier alpha value is -4.70. The number of carbonyl (C=O) groups excluding carboxylic acids is 2. The summed E-state index contributed by atoms with van der Waals surface area (Å²) in [5, 5.41) is 8.85. The molecule has 0 radical (unpaired) electrons. The molecule has 0 aliphatic carbocycles. The second-order valence-electron chi connectivity index (χ2n) is 10.3. The Bertz CT molecular complexity index is 1590. The lowest BCUT2D eigenvalue weighted by Gasteiger charge is -2.19. The Kier molecular flexibility index (Phi) is 12.3. The number of amides is 1. The van der Waals surface area contributed by atoms with E-state index in [1.807, 2.05) is 31.2 Å². The molecule has 2 aliphatic rings. The van der Waals surface area contributed by atoms with Gasteiger partial charge in [0.2, 0.25) is 21.9 Å². The van der Waals surface area contributed by atoms with Gasteiger partial charge in [0.05, 0.1) is 38.7 Å². The number of hydrogen-bond acceptors (Lipinski definition) is 13. The minimum atomic E-state index is -3.63. The SMILES string of the molecule is CCOc1nc2nc(n1)Nc1ccc(C(=O)N[C@@H](CNS(C)(=O)=O)C(=O)OC)c(c1)OCCCCCCOc1ccc(cc1)CN2. The molecular weight excluding hydrogens is 618 g/mol. The summed E-state index contributed by atoms with van der Waals surface area (Å²) in [5.41, 5.74) is 1.64. The number of hydrogen-bond donors (Lipinski definition) is 4. The summed E-state index contributed by atoms with van der Waals surface area (Å²) in [6.07, 6.45) is 4.34. The van der Waals surface area contributed by atoms with Gasteiger partial charge in [-0.05, 0) is 62.4 Å². The van der Waals surface area contributed by atoms with E-state index in [9.17, 15) is 18.0 Å². The number of anilines is 3. The number of carbonyl (C=O) groups is 2.